The van der Waals surface area contributed by atoms with Crippen LogP contribution in [0, 0.1) is 5.92 Å². The van der Waals surface area contributed by atoms with E-state index >= 15 is 0 Å². The molecule has 2 aromatic carbocycles. The zero-order valence-electron chi connectivity index (χ0n) is 19.2. The zero-order valence-corrected chi connectivity index (χ0v) is 19.2. The van der Waals surface area contributed by atoms with Crippen molar-refractivity contribution in [3.63, 3.8) is 0 Å². The predicted molar refractivity (Wildman–Crippen MR) is 118 cm³/mol. The molecule has 11 heteroatoms. The fourth-order valence-electron chi connectivity index (χ4n) is 3.23. The Balaban J connectivity index is 1.37. The average Bonchev–Trinajstić information content (AvgIpc) is 2.81. The Morgan fingerprint density at radius 3 is 2.23 bits per heavy atom. The Bertz CT molecular complexity index is 999. The lowest BCUT2D eigenvalue weighted by Crippen LogP contribution is -2.48. The van der Waals surface area contributed by atoms with Gasteiger partial charge in [-0.2, -0.15) is 0 Å². The van der Waals surface area contributed by atoms with Crippen LogP contribution in [0.25, 0.3) is 0 Å². The largest absolute Gasteiger partial charge is 0.573 e. The third-order valence-electron chi connectivity index (χ3n) is 5.18. The number of carbonyl (C=O) groups is 1. The number of hydrogen-bond donors (Lipinski definition) is 1. The molecule has 1 saturated heterocycles. The summed E-state index contributed by atoms with van der Waals surface area (Å²) in [5, 5.41) is 13.1. The van der Waals surface area contributed by atoms with Gasteiger partial charge in [0, 0.05) is 12.8 Å². The van der Waals surface area contributed by atoms with Gasteiger partial charge in [0.25, 0.3) is 5.79 Å². The predicted octanol–water partition coefficient (Wildman–Crippen LogP) is 4.41. The first-order valence-corrected chi connectivity index (χ1v) is 10.8. The van der Waals surface area contributed by atoms with E-state index in [1.54, 1.807) is 6.92 Å². The van der Waals surface area contributed by atoms with E-state index in [1.165, 1.54) is 31.2 Å². The van der Waals surface area contributed by atoms with Gasteiger partial charge in [-0.25, -0.2) is 4.79 Å². The van der Waals surface area contributed by atoms with Crippen LogP contribution in [-0.2, 0) is 25.5 Å². The fourth-order valence-corrected chi connectivity index (χ4v) is 3.23. The lowest BCUT2D eigenvalue weighted by Gasteiger charge is -2.34. The summed E-state index contributed by atoms with van der Waals surface area (Å²) in [5.74, 6) is -2.34. The Morgan fingerprint density at radius 2 is 1.66 bits per heavy atom. The first-order valence-electron chi connectivity index (χ1n) is 10.8. The fraction of sp³-hybridized carbons (Fsp3) is 0.417. The van der Waals surface area contributed by atoms with Crippen LogP contribution < -0.4 is 9.47 Å². The number of ether oxygens (including phenoxy) is 4. The molecular formula is C24H26F3NO7. The first kappa shape index (κ1) is 26.3. The molecule has 1 aliphatic heterocycles. The molecule has 0 saturated carbocycles. The molecule has 1 aliphatic rings. The smallest absolute Gasteiger partial charge is 0.490 e. The van der Waals surface area contributed by atoms with Crippen LogP contribution in [0.1, 0.15) is 25.0 Å². The van der Waals surface area contributed by atoms with Gasteiger partial charge in [0.05, 0.1) is 18.9 Å². The van der Waals surface area contributed by atoms with Crippen LogP contribution in [0.5, 0.6) is 11.5 Å². The molecule has 3 rings (SSSR count). The van der Waals surface area contributed by atoms with Crippen LogP contribution in [0.3, 0.4) is 0 Å². The number of hydrogen-bond acceptors (Lipinski definition) is 7. The summed E-state index contributed by atoms with van der Waals surface area (Å²) in [5.41, 5.74) is 2.13. The van der Waals surface area contributed by atoms with Crippen LogP contribution >= 0.6 is 0 Å². The normalized spacial score (nSPS) is 20.8. The molecule has 190 valence electrons. The van der Waals surface area contributed by atoms with Crippen LogP contribution in [0.15, 0.2) is 53.7 Å². The van der Waals surface area contributed by atoms with E-state index in [1.807, 2.05) is 24.3 Å². The van der Waals surface area contributed by atoms with Crippen molar-refractivity contribution in [3.8, 4) is 11.5 Å². The van der Waals surface area contributed by atoms with E-state index < -0.39 is 18.1 Å². The quantitative estimate of drug-likeness (QED) is 0.295. The highest BCUT2D eigenvalue weighted by atomic mass is 19.4. The van der Waals surface area contributed by atoms with Gasteiger partial charge < -0.3 is 28.9 Å². The van der Waals surface area contributed by atoms with E-state index in [2.05, 4.69) is 9.89 Å². The second kappa shape index (κ2) is 11.4. The highest BCUT2D eigenvalue weighted by Gasteiger charge is 2.40. The second-order valence-electron chi connectivity index (χ2n) is 8.02. The molecule has 1 heterocycles. The third-order valence-corrected chi connectivity index (χ3v) is 5.18. The van der Waals surface area contributed by atoms with E-state index in [0.29, 0.717) is 36.7 Å². The molecule has 0 amide bonds. The second-order valence-corrected chi connectivity index (χ2v) is 8.02. The van der Waals surface area contributed by atoms with Gasteiger partial charge in [0.1, 0.15) is 18.1 Å². The molecule has 0 radical (unpaired) electrons. The molecule has 0 aromatic heterocycles. The number of rotatable bonds is 10. The molecule has 0 unspecified atom stereocenters. The number of benzene rings is 2. The van der Waals surface area contributed by atoms with Crippen LogP contribution in [0.4, 0.5) is 13.2 Å². The number of carboxylic acids is 1. The molecular weight excluding hydrogens is 471 g/mol. The van der Waals surface area contributed by atoms with Crippen LogP contribution in [-0.4, -0.2) is 55.4 Å². The summed E-state index contributed by atoms with van der Waals surface area (Å²) in [6, 6.07) is 12.8. The summed E-state index contributed by atoms with van der Waals surface area (Å²) in [4.78, 5) is 16.4. The number of aliphatic carboxylic acids is 1. The van der Waals surface area contributed by atoms with Gasteiger partial charge in [-0.15, -0.1) is 13.2 Å². The molecule has 0 aliphatic carbocycles. The van der Waals surface area contributed by atoms with Gasteiger partial charge >= 0.3 is 12.3 Å². The summed E-state index contributed by atoms with van der Waals surface area (Å²) >= 11 is 0. The molecule has 0 bridgehead atoms. The van der Waals surface area contributed by atoms with Crippen molar-refractivity contribution in [2.45, 2.75) is 32.4 Å². The number of oxime groups is 1. The van der Waals surface area contributed by atoms with Gasteiger partial charge in [0.2, 0.25) is 0 Å². The van der Waals surface area contributed by atoms with Crippen molar-refractivity contribution in [1.29, 1.82) is 0 Å². The molecule has 35 heavy (non-hydrogen) atoms. The highest BCUT2D eigenvalue weighted by molar-refractivity contribution is 5.98. The zero-order chi connectivity index (χ0) is 25.5. The van der Waals surface area contributed by atoms with Gasteiger partial charge in [-0.1, -0.05) is 17.3 Å². The number of halogens is 3. The van der Waals surface area contributed by atoms with E-state index in [0.717, 1.165) is 5.56 Å². The SMILES string of the molecule is C/C(=N\OCCOc1ccc(CC2COC(C)(C(=O)O)OC2)cc1)c1ccc(OC(F)(F)F)cc1. The monoisotopic (exact) mass is 497 g/mol. The van der Waals surface area contributed by atoms with Gasteiger partial charge in [0.15, 0.2) is 6.61 Å². The summed E-state index contributed by atoms with van der Waals surface area (Å²) in [6.45, 7) is 4.07. The lowest BCUT2D eigenvalue weighted by molar-refractivity contribution is -0.274. The number of alkyl halides is 3. The van der Waals surface area contributed by atoms with Crippen LogP contribution in [0.2, 0.25) is 0 Å². The Hall–Kier alpha value is -3.31. The van der Waals surface area contributed by atoms with Gasteiger partial charge in [-0.3, -0.25) is 0 Å². The van der Waals surface area contributed by atoms with Crippen molar-refractivity contribution in [3.05, 3.63) is 59.7 Å². The summed E-state index contributed by atoms with van der Waals surface area (Å²) in [7, 11) is 0. The van der Waals surface area contributed by atoms with Gasteiger partial charge in [-0.05, 0) is 60.9 Å². The van der Waals surface area contributed by atoms with E-state index in [9.17, 15) is 18.0 Å². The number of carboxylic acid groups (broad SMARTS) is 1. The van der Waals surface area contributed by atoms with Crippen molar-refractivity contribution in [2.75, 3.05) is 26.4 Å². The Kier molecular flexibility index (Phi) is 8.57. The third kappa shape index (κ3) is 8.15. The topological polar surface area (TPSA) is 95.8 Å². The molecule has 2 aromatic rings. The molecule has 1 N–H and O–H groups in total. The molecule has 0 spiro atoms. The minimum atomic E-state index is -4.74. The molecule has 8 nitrogen and oxygen atoms in total. The van der Waals surface area contributed by atoms with Crippen molar-refractivity contribution < 1.29 is 46.9 Å². The average molecular weight is 497 g/mol. The van der Waals surface area contributed by atoms with Crippen molar-refractivity contribution >= 4 is 11.7 Å². The van der Waals surface area contributed by atoms with E-state index in [-0.39, 0.29) is 24.9 Å². The first-order chi connectivity index (χ1) is 16.5. The standard InChI is InChI=1S/C24H26F3NO7/c1-16(19-5-9-21(10-6-19)35-24(25,26)27)28-34-12-11-31-20-7-3-17(4-8-20)13-18-14-32-23(2,22(29)30)33-15-18/h3-10,18H,11-15H2,1-2H3,(H,29,30)/b28-16+. The molecule has 0 atom stereocenters. The Morgan fingerprint density at radius 1 is 1.06 bits per heavy atom. The minimum absolute atomic E-state index is 0.0528. The van der Waals surface area contributed by atoms with E-state index in [4.69, 9.17) is 24.2 Å². The molecule has 1 fully saturated rings. The number of nitrogens with zero attached hydrogens (tertiary/aromatic N) is 1. The maximum atomic E-state index is 12.2. The maximum Gasteiger partial charge on any atom is 0.573 e. The highest BCUT2D eigenvalue weighted by Crippen LogP contribution is 2.25. The summed E-state index contributed by atoms with van der Waals surface area (Å²) in [6.07, 6.45) is -4.06. The van der Waals surface area contributed by atoms with Crippen molar-refractivity contribution in [2.24, 2.45) is 11.1 Å². The van der Waals surface area contributed by atoms with Crippen molar-refractivity contribution in [1.82, 2.24) is 0 Å². The summed E-state index contributed by atoms with van der Waals surface area (Å²) < 4.78 is 56.8. The lowest BCUT2D eigenvalue weighted by atomic mass is 9.99. The Labute approximate surface area is 200 Å². The minimum Gasteiger partial charge on any atom is -0.490 e. The maximum absolute atomic E-state index is 12.2.